The van der Waals surface area contributed by atoms with Crippen molar-refractivity contribution in [2.45, 2.75) is 0 Å². The van der Waals surface area contributed by atoms with E-state index in [1.165, 1.54) is 0 Å². The Morgan fingerprint density at radius 3 is 2.85 bits per heavy atom. The first-order valence-electron chi connectivity index (χ1n) is 5.72. The van der Waals surface area contributed by atoms with Crippen molar-refractivity contribution in [3.8, 4) is 0 Å². The van der Waals surface area contributed by atoms with Gasteiger partial charge < -0.3 is 10.7 Å². The molecule has 0 aliphatic heterocycles. The number of benzene rings is 1. The second kappa shape index (κ2) is 5.07. The van der Waals surface area contributed by atoms with E-state index in [0.717, 1.165) is 11.0 Å². The third kappa shape index (κ3) is 2.31. The summed E-state index contributed by atoms with van der Waals surface area (Å²) < 4.78 is 11.4. The second-order valence-corrected chi connectivity index (χ2v) is 5.12. The van der Waals surface area contributed by atoms with Crippen LogP contribution in [0.3, 0.4) is 0 Å². The van der Waals surface area contributed by atoms with E-state index < -0.39 is 0 Å². The minimum absolute atomic E-state index is 0.326. The fraction of sp³-hybridized carbons (Fsp3) is 0. The number of nitrogen functional groups attached to an aromatic ring is 1. The molecule has 0 amide bonds. The lowest BCUT2D eigenvalue weighted by atomic mass is 10.2. The Morgan fingerprint density at radius 1 is 1.25 bits per heavy atom. The molecule has 2 heterocycles. The van der Waals surface area contributed by atoms with Crippen molar-refractivity contribution in [1.29, 1.82) is 0 Å². The number of imidazole rings is 1. The van der Waals surface area contributed by atoms with E-state index in [0.29, 0.717) is 38.5 Å². The standard InChI is InChI=1S/C13H9ClN4OS/c14-7-4-5-8-10(6-7)18-13(17-8)12(20-19)9-2-1-3-11(15)16-9/h1-6H,(H2,15,16)(H,17,18). The molecule has 2 aromatic heterocycles. The van der Waals surface area contributed by atoms with Crippen LogP contribution in [-0.4, -0.2) is 24.0 Å². The van der Waals surface area contributed by atoms with Crippen LogP contribution >= 0.6 is 11.6 Å². The Morgan fingerprint density at radius 2 is 2.10 bits per heavy atom. The van der Waals surface area contributed by atoms with Crippen molar-refractivity contribution in [2.24, 2.45) is 0 Å². The smallest absolute Gasteiger partial charge is 0.154 e. The van der Waals surface area contributed by atoms with E-state index in [2.05, 4.69) is 15.0 Å². The van der Waals surface area contributed by atoms with Crippen molar-refractivity contribution in [3.63, 3.8) is 0 Å². The number of H-pyrrole nitrogens is 1. The Labute approximate surface area is 122 Å². The van der Waals surface area contributed by atoms with Gasteiger partial charge in [0.15, 0.2) is 5.82 Å². The molecule has 100 valence electrons. The SMILES string of the molecule is Nc1cccc(C(=S=O)c2nc3ccc(Cl)cc3[nH]2)n1. The Balaban J connectivity index is 2.15. The number of fused-ring (bicyclic) bond motifs is 1. The summed E-state index contributed by atoms with van der Waals surface area (Å²) in [5, 5.41) is 0.603. The van der Waals surface area contributed by atoms with Gasteiger partial charge in [-0.15, -0.1) is 0 Å². The van der Waals surface area contributed by atoms with Crippen LogP contribution in [0.25, 0.3) is 11.0 Å². The Bertz CT molecular complexity index is 854. The summed E-state index contributed by atoms with van der Waals surface area (Å²) in [4.78, 5) is 12.0. The van der Waals surface area contributed by atoms with E-state index in [-0.39, 0.29) is 0 Å². The molecule has 3 aromatic rings. The van der Waals surface area contributed by atoms with Gasteiger partial charge in [-0.3, -0.25) is 0 Å². The molecule has 0 saturated heterocycles. The van der Waals surface area contributed by atoms with Crippen LogP contribution in [0, 0.1) is 0 Å². The zero-order valence-corrected chi connectivity index (χ0v) is 11.7. The number of nitrogens with one attached hydrogen (secondary N) is 1. The number of halogens is 1. The molecule has 1 aromatic carbocycles. The van der Waals surface area contributed by atoms with Crippen LogP contribution in [0.15, 0.2) is 36.4 Å². The average Bonchev–Trinajstić information content (AvgIpc) is 2.82. The van der Waals surface area contributed by atoms with Gasteiger partial charge in [0.2, 0.25) is 0 Å². The lowest BCUT2D eigenvalue weighted by molar-refractivity contribution is 0.701. The molecular weight excluding hydrogens is 296 g/mol. The molecule has 0 aliphatic carbocycles. The highest BCUT2D eigenvalue weighted by atomic mass is 35.5. The van der Waals surface area contributed by atoms with Gasteiger partial charge in [-0.2, -0.15) is 0 Å². The van der Waals surface area contributed by atoms with Crippen molar-refractivity contribution in [3.05, 3.63) is 52.9 Å². The number of aromatic amines is 1. The van der Waals surface area contributed by atoms with Gasteiger partial charge in [-0.25, -0.2) is 14.2 Å². The zero-order valence-electron chi connectivity index (χ0n) is 10.1. The van der Waals surface area contributed by atoms with Crippen molar-refractivity contribution < 1.29 is 4.21 Å². The van der Waals surface area contributed by atoms with E-state index in [1.54, 1.807) is 36.4 Å². The molecule has 0 aliphatic rings. The van der Waals surface area contributed by atoms with Crippen LogP contribution in [0.1, 0.15) is 11.5 Å². The summed E-state index contributed by atoms with van der Waals surface area (Å²) >= 11 is 6.25. The quantitative estimate of drug-likeness (QED) is 0.560. The highest BCUT2D eigenvalue weighted by Crippen LogP contribution is 2.18. The monoisotopic (exact) mass is 304 g/mol. The van der Waals surface area contributed by atoms with Gasteiger partial charge in [-0.1, -0.05) is 17.7 Å². The second-order valence-electron chi connectivity index (χ2n) is 4.11. The minimum atomic E-state index is 0.326. The number of rotatable bonds is 2. The number of aromatic nitrogens is 3. The summed E-state index contributed by atoms with van der Waals surface area (Å²) in [5.41, 5.74) is 7.64. The minimum Gasteiger partial charge on any atom is -0.384 e. The molecule has 0 fully saturated rings. The topological polar surface area (TPSA) is 84.7 Å². The molecule has 3 rings (SSSR count). The average molecular weight is 305 g/mol. The lowest BCUT2D eigenvalue weighted by Gasteiger charge is -1.99. The largest absolute Gasteiger partial charge is 0.384 e. The van der Waals surface area contributed by atoms with E-state index >= 15 is 0 Å². The third-order valence-corrected chi connectivity index (χ3v) is 3.55. The normalized spacial score (nSPS) is 10.7. The summed E-state index contributed by atoms with van der Waals surface area (Å²) in [6.45, 7) is 0. The third-order valence-electron chi connectivity index (χ3n) is 2.75. The zero-order chi connectivity index (χ0) is 14.1. The molecule has 20 heavy (non-hydrogen) atoms. The molecule has 0 saturated carbocycles. The van der Waals surface area contributed by atoms with Crippen molar-refractivity contribution in [2.75, 3.05) is 5.73 Å². The molecular formula is C13H9ClN4OS. The molecule has 0 bridgehead atoms. The van der Waals surface area contributed by atoms with Crippen LogP contribution in [0.2, 0.25) is 5.02 Å². The van der Waals surface area contributed by atoms with E-state index in [4.69, 9.17) is 17.3 Å². The molecule has 3 N–H and O–H groups in total. The van der Waals surface area contributed by atoms with Crippen LogP contribution in [0.4, 0.5) is 5.82 Å². The van der Waals surface area contributed by atoms with Crippen molar-refractivity contribution >= 4 is 44.6 Å². The summed E-state index contributed by atoms with van der Waals surface area (Å²) in [7, 11) is 0. The van der Waals surface area contributed by atoms with Crippen molar-refractivity contribution in [1.82, 2.24) is 15.0 Å². The van der Waals surface area contributed by atoms with Gasteiger partial charge in [0.1, 0.15) is 21.9 Å². The molecule has 0 spiro atoms. The van der Waals surface area contributed by atoms with Gasteiger partial charge in [0.05, 0.1) is 16.7 Å². The number of hydrogen-bond donors (Lipinski definition) is 2. The number of hydrogen-bond acceptors (Lipinski definition) is 4. The molecule has 0 atom stereocenters. The van der Waals surface area contributed by atoms with Gasteiger partial charge in [0.25, 0.3) is 0 Å². The van der Waals surface area contributed by atoms with Crippen LogP contribution in [-0.2, 0) is 11.3 Å². The molecule has 7 heteroatoms. The fourth-order valence-corrected chi connectivity index (χ4v) is 2.42. The first-order chi connectivity index (χ1) is 9.67. The number of anilines is 1. The Hall–Kier alpha value is -2.18. The number of nitrogens with two attached hydrogens (primary N) is 1. The van der Waals surface area contributed by atoms with E-state index in [9.17, 15) is 4.21 Å². The predicted octanol–water partition coefficient (Wildman–Crippen LogP) is 1.98. The number of nitrogens with zero attached hydrogens (tertiary/aromatic N) is 2. The predicted molar refractivity (Wildman–Crippen MR) is 81.1 cm³/mol. The highest BCUT2D eigenvalue weighted by Gasteiger charge is 2.13. The fourth-order valence-electron chi connectivity index (χ4n) is 1.87. The maximum Gasteiger partial charge on any atom is 0.154 e. The molecule has 0 radical (unpaired) electrons. The summed E-state index contributed by atoms with van der Waals surface area (Å²) in [6, 6.07) is 10.4. The van der Waals surface area contributed by atoms with E-state index in [1.807, 2.05) is 0 Å². The summed E-state index contributed by atoms with van der Waals surface area (Å²) in [6.07, 6.45) is 0. The van der Waals surface area contributed by atoms with Crippen LogP contribution < -0.4 is 5.73 Å². The van der Waals surface area contributed by atoms with Gasteiger partial charge in [0, 0.05) is 5.02 Å². The Kier molecular flexibility index (Phi) is 3.25. The molecule has 5 nitrogen and oxygen atoms in total. The first kappa shape index (κ1) is 12.8. The summed E-state index contributed by atoms with van der Waals surface area (Å²) in [5.74, 6) is 0.813. The first-order valence-corrected chi connectivity index (χ1v) is 6.84. The van der Waals surface area contributed by atoms with Crippen LogP contribution in [0.5, 0.6) is 0 Å². The maximum atomic E-state index is 11.4. The maximum absolute atomic E-state index is 11.4. The van der Waals surface area contributed by atoms with Gasteiger partial charge in [-0.05, 0) is 30.3 Å². The van der Waals surface area contributed by atoms with Gasteiger partial charge >= 0.3 is 0 Å². The number of pyridine rings is 1. The highest BCUT2D eigenvalue weighted by molar-refractivity contribution is 7.67. The molecule has 0 unspecified atom stereocenters. The lowest BCUT2D eigenvalue weighted by Crippen LogP contribution is -2.08.